The Labute approximate surface area is 150 Å². The topological polar surface area (TPSA) is 76.2 Å². The summed E-state index contributed by atoms with van der Waals surface area (Å²) >= 11 is 0. The molecule has 0 aliphatic heterocycles. The van der Waals surface area contributed by atoms with Crippen molar-refractivity contribution >= 4 is 22.6 Å². The van der Waals surface area contributed by atoms with Gasteiger partial charge in [-0.15, -0.1) is 0 Å². The van der Waals surface area contributed by atoms with Crippen LogP contribution in [0.1, 0.15) is 12.0 Å². The highest BCUT2D eigenvalue weighted by Crippen LogP contribution is 2.25. The van der Waals surface area contributed by atoms with Crippen molar-refractivity contribution in [2.24, 2.45) is 0 Å². The number of anilines is 1. The maximum atomic E-state index is 12.2. The number of benzene rings is 2. The summed E-state index contributed by atoms with van der Waals surface area (Å²) in [5.41, 5.74) is 1.77. The molecule has 0 fully saturated rings. The molecule has 0 atom stereocenters. The second-order valence-electron chi connectivity index (χ2n) is 5.70. The molecule has 6 nitrogen and oxygen atoms in total. The van der Waals surface area contributed by atoms with Gasteiger partial charge in [-0.2, -0.15) is 5.10 Å². The van der Waals surface area contributed by atoms with E-state index in [9.17, 15) is 9.18 Å². The number of fused-ring (bicyclic) bond motifs is 1. The van der Waals surface area contributed by atoms with Gasteiger partial charge in [0.25, 0.3) is 5.91 Å². The van der Waals surface area contributed by atoms with Crippen molar-refractivity contribution in [2.45, 2.75) is 13.0 Å². The van der Waals surface area contributed by atoms with Gasteiger partial charge in [-0.25, -0.2) is 0 Å². The van der Waals surface area contributed by atoms with E-state index in [1.807, 2.05) is 30.3 Å². The molecule has 26 heavy (non-hydrogen) atoms. The van der Waals surface area contributed by atoms with Crippen LogP contribution in [0.25, 0.3) is 10.9 Å². The largest absolute Gasteiger partial charge is 0.493 e. The number of rotatable bonds is 9. The van der Waals surface area contributed by atoms with E-state index in [1.54, 1.807) is 18.2 Å². The molecular weight excluding hydrogens is 337 g/mol. The van der Waals surface area contributed by atoms with Crippen molar-refractivity contribution in [1.82, 2.24) is 10.2 Å². The number of aromatic nitrogens is 2. The molecule has 1 heterocycles. The first-order valence-electron chi connectivity index (χ1n) is 8.34. The average molecular weight is 357 g/mol. The molecule has 136 valence electrons. The van der Waals surface area contributed by atoms with E-state index in [-0.39, 0.29) is 12.5 Å². The van der Waals surface area contributed by atoms with E-state index < -0.39 is 6.67 Å². The first-order valence-corrected chi connectivity index (χ1v) is 8.34. The summed E-state index contributed by atoms with van der Waals surface area (Å²) in [4.78, 5) is 12.1. The van der Waals surface area contributed by atoms with Crippen LogP contribution in [-0.4, -0.2) is 36.0 Å². The molecule has 0 saturated carbocycles. The molecule has 3 aromatic rings. The zero-order chi connectivity index (χ0) is 18.2. The number of ether oxygens (including phenoxy) is 2. The van der Waals surface area contributed by atoms with Crippen molar-refractivity contribution in [3.63, 3.8) is 0 Å². The predicted molar refractivity (Wildman–Crippen MR) is 96.9 cm³/mol. The molecule has 0 radical (unpaired) electrons. The van der Waals surface area contributed by atoms with E-state index in [0.29, 0.717) is 31.2 Å². The Kier molecular flexibility index (Phi) is 6.16. The van der Waals surface area contributed by atoms with Crippen LogP contribution < -0.4 is 10.1 Å². The fourth-order valence-corrected chi connectivity index (χ4v) is 2.43. The molecule has 0 aliphatic carbocycles. The predicted octanol–water partition coefficient (Wildman–Crippen LogP) is 3.46. The standard InChI is InChI=1S/C19H20FN3O3/c20-9-4-10-26-15-7-8-17-16(11-15)19(23-22-17)21-18(24)13-25-12-14-5-2-1-3-6-14/h1-3,5-8,11H,4,9-10,12-13H2,(H2,21,22,23,24). The zero-order valence-corrected chi connectivity index (χ0v) is 14.2. The second-order valence-corrected chi connectivity index (χ2v) is 5.70. The number of halogens is 1. The number of hydrogen-bond donors (Lipinski definition) is 2. The highest BCUT2D eigenvalue weighted by atomic mass is 19.1. The Morgan fingerprint density at radius 3 is 2.85 bits per heavy atom. The van der Waals surface area contributed by atoms with E-state index in [1.165, 1.54) is 0 Å². The summed E-state index contributed by atoms with van der Waals surface area (Å²) in [7, 11) is 0. The molecular formula is C19H20FN3O3. The second kappa shape index (κ2) is 8.96. The molecule has 0 bridgehead atoms. The number of aromatic amines is 1. The van der Waals surface area contributed by atoms with Crippen LogP contribution in [0.2, 0.25) is 0 Å². The van der Waals surface area contributed by atoms with Gasteiger partial charge in [0.15, 0.2) is 5.82 Å². The third-order valence-electron chi connectivity index (χ3n) is 3.68. The molecule has 0 spiro atoms. The van der Waals surface area contributed by atoms with E-state index in [2.05, 4.69) is 15.5 Å². The van der Waals surface area contributed by atoms with Crippen molar-refractivity contribution in [1.29, 1.82) is 0 Å². The molecule has 2 aromatic carbocycles. The van der Waals surface area contributed by atoms with Crippen LogP contribution in [0.5, 0.6) is 5.75 Å². The van der Waals surface area contributed by atoms with Crippen LogP contribution in [0.15, 0.2) is 48.5 Å². The molecule has 1 amide bonds. The minimum absolute atomic E-state index is 0.0735. The molecule has 0 aliphatic rings. The van der Waals surface area contributed by atoms with Crippen LogP contribution in [0.3, 0.4) is 0 Å². The molecule has 7 heteroatoms. The van der Waals surface area contributed by atoms with Crippen molar-refractivity contribution < 1.29 is 18.7 Å². The number of carbonyl (C=O) groups excluding carboxylic acids is 1. The first kappa shape index (κ1) is 17.9. The maximum Gasteiger partial charge on any atom is 0.251 e. The lowest BCUT2D eigenvalue weighted by atomic mass is 10.2. The lowest BCUT2D eigenvalue weighted by molar-refractivity contribution is -0.121. The Balaban J connectivity index is 1.57. The Hall–Kier alpha value is -2.93. The summed E-state index contributed by atoms with van der Waals surface area (Å²) in [5.74, 6) is 0.713. The number of nitrogens with one attached hydrogen (secondary N) is 2. The number of H-pyrrole nitrogens is 1. The lowest BCUT2D eigenvalue weighted by Gasteiger charge is -2.06. The molecule has 0 saturated heterocycles. The van der Waals surface area contributed by atoms with Crippen molar-refractivity contribution in [3.05, 3.63) is 54.1 Å². The average Bonchev–Trinajstić information content (AvgIpc) is 3.05. The molecule has 2 N–H and O–H groups in total. The summed E-state index contributed by atoms with van der Waals surface area (Å²) in [6.45, 7) is 0.172. The van der Waals surface area contributed by atoms with Crippen LogP contribution in [0.4, 0.5) is 10.2 Å². The highest BCUT2D eigenvalue weighted by molar-refractivity contribution is 6.00. The third kappa shape index (κ3) is 4.80. The minimum atomic E-state index is -0.418. The smallest absolute Gasteiger partial charge is 0.251 e. The molecule has 0 unspecified atom stereocenters. The quantitative estimate of drug-likeness (QED) is 0.575. The minimum Gasteiger partial charge on any atom is -0.493 e. The van der Waals surface area contributed by atoms with Crippen molar-refractivity contribution in [2.75, 3.05) is 25.2 Å². The Morgan fingerprint density at radius 1 is 1.19 bits per heavy atom. The Morgan fingerprint density at radius 2 is 2.04 bits per heavy atom. The SMILES string of the molecule is O=C(COCc1ccccc1)Nc1n[nH]c2ccc(OCCCF)cc12. The number of hydrogen-bond acceptors (Lipinski definition) is 4. The molecule has 1 aromatic heterocycles. The van der Waals surface area contributed by atoms with Crippen LogP contribution >= 0.6 is 0 Å². The van der Waals surface area contributed by atoms with Crippen LogP contribution in [-0.2, 0) is 16.1 Å². The highest BCUT2D eigenvalue weighted by Gasteiger charge is 2.11. The third-order valence-corrected chi connectivity index (χ3v) is 3.68. The van der Waals surface area contributed by atoms with Gasteiger partial charge in [0.05, 0.1) is 25.4 Å². The monoisotopic (exact) mass is 357 g/mol. The molecule has 3 rings (SSSR count). The summed E-state index contributed by atoms with van der Waals surface area (Å²) in [6, 6.07) is 15.0. The first-order chi connectivity index (χ1) is 12.8. The number of carbonyl (C=O) groups is 1. The fraction of sp³-hybridized carbons (Fsp3) is 0.263. The van der Waals surface area contributed by atoms with Crippen molar-refractivity contribution in [3.8, 4) is 5.75 Å². The van der Waals surface area contributed by atoms with Gasteiger partial charge in [0.2, 0.25) is 0 Å². The summed E-state index contributed by atoms with van der Waals surface area (Å²) in [5, 5.41) is 10.4. The van der Waals surface area contributed by atoms with Gasteiger partial charge in [-0.1, -0.05) is 30.3 Å². The lowest BCUT2D eigenvalue weighted by Crippen LogP contribution is -2.18. The van der Waals surface area contributed by atoms with Gasteiger partial charge in [0.1, 0.15) is 12.4 Å². The van der Waals surface area contributed by atoms with E-state index in [0.717, 1.165) is 16.5 Å². The Bertz CT molecular complexity index is 852. The van der Waals surface area contributed by atoms with Gasteiger partial charge in [-0.3, -0.25) is 14.3 Å². The number of amides is 1. The van der Waals surface area contributed by atoms with Gasteiger partial charge in [-0.05, 0) is 23.8 Å². The number of nitrogens with zero attached hydrogens (tertiary/aromatic N) is 1. The summed E-state index contributed by atoms with van der Waals surface area (Å²) < 4.78 is 23.1. The van der Waals surface area contributed by atoms with Gasteiger partial charge < -0.3 is 14.8 Å². The van der Waals surface area contributed by atoms with Crippen LogP contribution in [0, 0.1) is 0 Å². The normalized spacial score (nSPS) is 10.8. The van der Waals surface area contributed by atoms with Gasteiger partial charge in [0, 0.05) is 11.8 Å². The maximum absolute atomic E-state index is 12.2. The fourth-order valence-electron chi connectivity index (χ4n) is 2.43. The number of alkyl halides is 1. The zero-order valence-electron chi connectivity index (χ0n) is 14.2. The van der Waals surface area contributed by atoms with E-state index in [4.69, 9.17) is 9.47 Å². The summed E-state index contributed by atoms with van der Waals surface area (Å²) in [6.07, 6.45) is 0.339. The van der Waals surface area contributed by atoms with E-state index >= 15 is 0 Å². The van der Waals surface area contributed by atoms with Gasteiger partial charge >= 0.3 is 0 Å².